The number of aromatic nitrogens is 3. The van der Waals surface area contributed by atoms with Crippen LogP contribution in [-0.4, -0.2) is 27.3 Å². The Morgan fingerprint density at radius 3 is 2.61 bits per heavy atom. The van der Waals surface area contributed by atoms with E-state index >= 15 is 0 Å². The highest BCUT2D eigenvalue weighted by Crippen LogP contribution is 2.15. The third-order valence-electron chi connectivity index (χ3n) is 3.16. The third kappa shape index (κ3) is 3.75. The molecule has 0 saturated heterocycles. The first kappa shape index (κ1) is 15.2. The Hall–Kier alpha value is -2.67. The van der Waals surface area contributed by atoms with Gasteiger partial charge in [-0.3, -0.25) is 9.78 Å². The van der Waals surface area contributed by atoms with Crippen molar-refractivity contribution in [3.63, 3.8) is 0 Å². The quantitative estimate of drug-likeness (QED) is 0.726. The predicted octanol–water partition coefficient (Wildman–Crippen LogP) is 2.78. The number of thioether (sulfide) groups is 1. The summed E-state index contributed by atoms with van der Waals surface area (Å²) >= 11 is 1.63. The van der Waals surface area contributed by atoms with Crippen molar-refractivity contribution in [3.8, 4) is 11.4 Å². The van der Waals surface area contributed by atoms with Gasteiger partial charge in [0.15, 0.2) is 0 Å². The summed E-state index contributed by atoms with van der Waals surface area (Å²) in [6.07, 6.45) is 5.31. The zero-order valence-electron chi connectivity index (χ0n) is 12.4. The Morgan fingerprint density at radius 2 is 1.91 bits per heavy atom. The van der Waals surface area contributed by atoms with Crippen LogP contribution in [0, 0.1) is 0 Å². The lowest BCUT2D eigenvalue weighted by Gasteiger charge is -2.03. The Kier molecular flexibility index (Phi) is 4.68. The van der Waals surface area contributed by atoms with Crippen molar-refractivity contribution in [1.82, 2.24) is 20.4 Å². The van der Waals surface area contributed by atoms with Gasteiger partial charge in [-0.05, 0) is 42.7 Å². The molecule has 0 aliphatic carbocycles. The molecule has 0 aliphatic heterocycles. The number of amides is 1. The Morgan fingerprint density at radius 1 is 1.17 bits per heavy atom. The van der Waals surface area contributed by atoms with Crippen LogP contribution in [-0.2, 0) is 6.54 Å². The fraction of sp³-hybridized carbons (Fsp3) is 0.125. The summed E-state index contributed by atoms with van der Waals surface area (Å²) in [5.41, 5.74) is 1.41. The summed E-state index contributed by atoms with van der Waals surface area (Å²) in [5, 5.41) is 6.66. The topological polar surface area (TPSA) is 80.9 Å². The van der Waals surface area contributed by atoms with E-state index in [0.717, 1.165) is 10.5 Å². The van der Waals surface area contributed by atoms with Crippen LogP contribution in [0.4, 0.5) is 0 Å². The van der Waals surface area contributed by atoms with Gasteiger partial charge in [0, 0.05) is 28.4 Å². The molecule has 0 bridgehead atoms. The second-order valence-electron chi connectivity index (χ2n) is 4.66. The molecule has 3 rings (SSSR count). The maximum atomic E-state index is 12.1. The van der Waals surface area contributed by atoms with Gasteiger partial charge in [0.25, 0.3) is 5.91 Å². The molecule has 1 aromatic carbocycles. The van der Waals surface area contributed by atoms with Crippen LogP contribution in [0.3, 0.4) is 0 Å². The molecule has 116 valence electrons. The standard InChI is InChI=1S/C16H14N4O2S/c1-23-13-4-2-12(3-5-13)16(21)18-10-14-19-15(20-22-14)11-6-8-17-9-7-11/h2-9H,10H2,1H3,(H,18,21). The molecular formula is C16H14N4O2S. The first-order valence-electron chi connectivity index (χ1n) is 6.91. The number of carbonyl (C=O) groups is 1. The molecule has 1 N–H and O–H groups in total. The summed E-state index contributed by atoms with van der Waals surface area (Å²) in [5.74, 6) is 0.646. The van der Waals surface area contributed by atoms with Gasteiger partial charge in [0.1, 0.15) is 0 Å². The Balaban J connectivity index is 1.62. The number of benzene rings is 1. The average molecular weight is 326 g/mol. The molecule has 3 aromatic rings. The van der Waals surface area contributed by atoms with Crippen molar-refractivity contribution in [2.24, 2.45) is 0 Å². The van der Waals surface area contributed by atoms with Crippen molar-refractivity contribution >= 4 is 17.7 Å². The molecule has 1 amide bonds. The van der Waals surface area contributed by atoms with Gasteiger partial charge in [-0.2, -0.15) is 4.98 Å². The molecule has 0 saturated carbocycles. The van der Waals surface area contributed by atoms with Crippen LogP contribution in [0.5, 0.6) is 0 Å². The van der Waals surface area contributed by atoms with E-state index in [4.69, 9.17) is 4.52 Å². The summed E-state index contributed by atoms with van der Waals surface area (Å²) in [4.78, 5) is 21.4. The van der Waals surface area contributed by atoms with Gasteiger partial charge in [-0.25, -0.2) is 0 Å². The number of hydrogen-bond donors (Lipinski definition) is 1. The largest absolute Gasteiger partial charge is 0.343 e. The van der Waals surface area contributed by atoms with Crippen molar-refractivity contribution in [2.75, 3.05) is 6.26 Å². The summed E-state index contributed by atoms with van der Waals surface area (Å²) in [6, 6.07) is 11.0. The normalized spacial score (nSPS) is 10.5. The van der Waals surface area contributed by atoms with Crippen LogP contribution >= 0.6 is 11.8 Å². The fourth-order valence-electron chi connectivity index (χ4n) is 1.95. The molecule has 2 aromatic heterocycles. The highest BCUT2D eigenvalue weighted by atomic mass is 32.2. The molecule has 7 heteroatoms. The van der Waals surface area contributed by atoms with E-state index < -0.39 is 0 Å². The predicted molar refractivity (Wildman–Crippen MR) is 86.9 cm³/mol. The van der Waals surface area contributed by atoms with Crippen LogP contribution in [0.1, 0.15) is 16.2 Å². The second kappa shape index (κ2) is 7.06. The number of carbonyl (C=O) groups excluding carboxylic acids is 1. The first-order chi connectivity index (χ1) is 11.3. The van der Waals surface area contributed by atoms with Gasteiger partial charge in [0.05, 0.1) is 6.54 Å². The summed E-state index contributed by atoms with van der Waals surface area (Å²) < 4.78 is 5.14. The monoisotopic (exact) mass is 326 g/mol. The van der Waals surface area contributed by atoms with Crippen molar-refractivity contribution in [1.29, 1.82) is 0 Å². The highest BCUT2D eigenvalue weighted by Gasteiger charge is 2.10. The number of nitrogens with zero attached hydrogens (tertiary/aromatic N) is 3. The lowest BCUT2D eigenvalue weighted by molar-refractivity contribution is 0.0946. The maximum Gasteiger partial charge on any atom is 0.251 e. The van der Waals surface area contributed by atoms with Gasteiger partial charge in [-0.1, -0.05) is 5.16 Å². The van der Waals surface area contributed by atoms with Gasteiger partial charge in [-0.15, -0.1) is 11.8 Å². The Bertz CT molecular complexity index is 787. The molecule has 0 atom stereocenters. The van der Waals surface area contributed by atoms with Gasteiger partial charge >= 0.3 is 0 Å². The van der Waals surface area contributed by atoms with Gasteiger partial charge in [0.2, 0.25) is 11.7 Å². The summed E-state index contributed by atoms with van der Waals surface area (Å²) in [7, 11) is 0. The lowest BCUT2D eigenvalue weighted by atomic mass is 10.2. The van der Waals surface area contributed by atoms with Crippen LogP contribution < -0.4 is 5.32 Å². The minimum atomic E-state index is -0.179. The second-order valence-corrected chi connectivity index (χ2v) is 5.54. The lowest BCUT2D eigenvalue weighted by Crippen LogP contribution is -2.22. The first-order valence-corrected chi connectivity index (χ1v) is 8.14. The van der Waals surface area contributed by atoms with Crippen LogP contribution in [0.25, 0.3) is 11.4 Å². The van der Waals surface area contributed by atoms with Gasteiger partial charge < -0.3 is 9.84 Å². The zero-order chi connectivity index (χ0) is 16.1. The molecule has 0 radical (unpaired) electrons. The number of pyridine rings is 1. The van der Waals surface area contributed by atoms with Crippen molar-refractivity contribution in [3.05, 3.63) is 60.2 Å². The maximum absolute atomic E-state index is 12.1. The molecule has 23 heavy (non-hydrogen) atoms. The van der Waals surface area contributed by atoms with E-state index in [2.05, 4.69) is 20.4 Å². The van der Waals surface area contributed by atoms with Crippen LogP contribution in [0.15, 0.2) is 58.2 Å². The van der Waals surface area contributed by atoms with Crippen molar-refractivity contribution in [2.45, 2.75) is 11.4 Å². The average Bonchev–Trinajstić information content (AvgIpc) is 3.09. The highest BCUT2D eigenvalue weighted by molar-refractivity contribution is 7.98. The molecule has 0 aliphatic rings. The smallest absolute Gasteiger partial charge is 0.251 e. The SMILES string of the molecule is CSc1ccc(C(=O)NCc2nc(-c3ccncc3)no2)cc1. The van der Waals surface area contributed by atoms with E-state index in [0.29, 0.717) is 17.3 Å². The molecule has 2 heterocycles. The minimum Gasteiger partial charge on any atom is -0.343 e. The summed E-state index contributed by atoms with van der Waals surface area (Å²) in [6.45, 7) is 0.182. The van der Waals surface area contributed by atoms with E-state index in [1.165, 1.54) is 0 Å². The number of rotatable bonds is 5. The van der Waals surface area contributed by atoms with E-state index in [9.17, 15) is 4.79 Å². The van der Waals surface area contributed by atoms with E-state index in [1.807, 2.05) is 18.4 Å². The molecule has 6 nitrogen and oxygen atoms in total. The Labute approximate surface area is 137 Å². The van der Waals surface area contributed by atoms with E-state index in [-0.39, 0.29) is 12.5 Å². The van der Waals surface area contributed by atoms with Crippen LogP contribution in [0.2, 0.25) is 0 Å². The fourth-order valence-corrected chi connectivity index (χ4v) is 2.35. The molecule has 0 fully saturated rings. The molecule has 0 spiro atoms. The number of nitrogens with one attached hydrogen (secondary N) is 1. The zero-order valence-corrected chi connectivity index (χ0v) is 13.2. The number of hydrogen-bond acceptors (Lipinski definition) is 6. The van der Waals surface area contributed by atoms with E-state index in [1.54, 1.807) is 48.4 Å². The minimum absolute atomic E-state index is 0.179. The van der Waals surface area contributed by atoms with Crippen molar-refractivity contribution < 1.29 is 9.32 Å². The molecule has 0 unspecified atom stereocenters. The third-order valence-corrected chi connectivity index (χ3v) is 3.90. The molecular weight excluding hydrogens is 312 g/mol.